The fraction of sp³-hybridized carbons (Fsp3) is 0.250. The van der Waals surface area contributed by atoms with Crippen LogP contribution in [0.1, 0.15) is 25.6 Å². The van der Waals surface area contributed by atoms with Gasteiger partial charge in [0.1, 0.15) is 0 Å². The van der Waals surface area contributed by atoms with Gasteiger partial charge in [-0.1, -0.05) is 0 Å². The van der Waals surface area contributed by atoms with Crippen molar-refractivity contribution >= 4 is 23.2 Å². The molecular formula is C8H9NO3S. The molecule has 1 rings (SSSR count). The highest BCUT2D eigenvalue weighted by Gasteiger charge is 2.16. The third-order valence-electron chi connectivity index (χ3n) is 1.70. The van der Waals surface area contributed by atoms with Gasteiger partial charge in [-0.05, 0) is 12.5 Å². The van der Waals surface area contributed by atoms with E-state index in [2.05, 4.69) is 5.32 Å². The first-order chi connectivity index (χ1) is 6.07. The van der Waals surface area contributed by atoms with Crippen molar-refractivity contribution < 1.29 is 14.7 Å². The van der Waals surface area contributed by atoms with Gasteiger partial charge in [-0.15, -0.1) is 11.3 Å². The maximum atomic E-state index is 11.2. The van der Waals surface area contributed by atoms with Crippen molar-refractivity contribution in [3.05, 3.63) is 21.4 Å². The molecule has 0 fully saturated rings. The molecule has 1 aromatic rings. The lowest BCUT2D eigenvalue weighted by atomic mass is 10.2. The minimum atomic E-state index is -0.996. The summed E-state index contributed by atoms with van der Waals surface area (Å²) in [6.07, 6.45) is 0. The van der Waals surface area contributed by atoms with E-state index >= 15 is 0 Å². The predicted octanol–water partition coefficient (Wildman–Crippen LogP) is 1.11. The second-order valence-electron chi connectivity index (χ2n) is 2.49. The summed E-state index contributed by atoms with van der Waals surface area (Å²) in [5.41, 5.74) is 0.723. The SMILES string of the molecule is CNC(=O)c1scc(C(=O)O)c1C. The van der Waals surface area contributed by atoms with Crippen molar-refractivity contribution in [1.29, 1.82) is 0 Å². The molecule has 0 saturated heterocycles. The van der Waals surface area contributed by atoms with Crippen molar-refractivity contribution in [2.24, 2.45) is 0 Å². The molecule has 4 nitrogen and oxygen atoms in total. The number of thiophene rings is 1. The zero-order valence-corrected chi connectivity index (χ0v) is 8.07. The Bertz CT molecular complexity index is 356. The third kappa shape index (κ3) is 1.70. The molecule has 13 heavy (non-hydrogen) atoms. The van der Waals surface area contributed by atoms with Gasteiger partial charge in [-0.25, -0.2) is 4.79 Å². The van der Waals surface area contributed by atoms with E-state index in [9.17, 15) is 9.59 Å². The number of aromatic carboxylic acids is 1. The first-order valence-electron chi connectivity index (χ1n) is 3.61. The summed E-state index contributed by atoms with van der Waals surface area (Å²) in [7, 11) is 1.52. The van der Waals surface area contributed by atoms with Gasteiger partial charge in [0, 0.05) is 12.4 Å². The maximum absolute atomic E-state index is 11.2. The van der Waals surface area contributed by atoms with Crippen molar-refractivity contribution in [3.8, 4) is 0 Å². The lowest BCUT2D eigenvalue weighted by Crippen LogP contribution is -2.17. The molecule has 0 radical (unpaired) electrons. The molecule has 0 aliphatic rings. The van der Waals surface area contributed by atoms with Crippen LogP contribution in [0.25, 0.3) is 0 Å². The van der Waals surface area contributed by atoms with Gasteiger partial charge in [-0.2, -0.15) is 0 Å². The Labute approximate surface area is 79.2 Å². The van der Waals surface area contributed by atoms with Crippen LogP contribution in [0.5, 0.6) is 0 Å². The Hall–Kier alpha value is -1.36. The van der Waals surface area contributed by atoms with E-state index in [0.717, 1.165) is 11.3 Å². The number of carboxylic acid groups (broad SMARTS) is 1. The minimum Gasteiger partial charge on any atom is -0.478 e. The molecule has 70 valence electrons. The average molecular weight is 199 g/mol. The van der Waals surface area contributed by atoms with Crippen molar-refractivity contribution in [3.63, 3.8) is 0 Å². The highest BCUT2D eigenvalue weighted by molar-refractivity contribution is 7.12. The van der Waals surface area contributed by atoms with Crippen LogP contribution in [0.4, 0.5) is 0 Å². The molecule has 0 aliphatic carbocycles. The van der Waals surface area contributed by atoms with E-state index in [0.29, 0.717) is 10.4 Å². The summed E-state index contributed by atoms with van der Waals surface area (Å²) in [6.45, 7) is 1.63. The molecule has 0 bridgehead atoms. The summed E-state index contributed by atoms with van der Waals surface area (Å²) in [5.74, 6) is -1.24. The van der Waals surface area contributed by atoms with Gasteiger partial charge < -0.3 is 10.4 Å². The molecule has 1 amide bonds. The molecule has 0 spiro atoms. The second-order valence-corrected chi connectivity index (χ2v) is 3.37. The number of carbonyl (C=O) groups is 2. The molecule has 2 N–H and O–H groups in total. The number of hydrogen-bond acceptors (Lipinski definition) is 3. The minimum absolute atomic E-state index is 0.198. The second kappa shape index (κ2) is 3.57. The first-order valence-corrected chi connectivity index (χ1v) is 4.49. The summed E-state index contributed by atoms with van der Waals surface area (Å²) in [4.78, 5) is 22.3. The number of rotatable bonds is 2. The standard InChI is InChI=1S/C8H9NO3S/c1-4-5(8(11)12)3-13-6(4)7(10)9-2/h3H,1-2H3,(H,9,10)(H,11,12). The van der Waals surface area contributed by atoms with Gasteiger partial charge >= 0.3 is 5.97 Å². The van der Waals surface area contributed by atoms with Crippen molar-refractivity contribution in [2.45, 2.75) is 6.92 Å². The van der Waals surface area contributed by atoms with Gasteiger partial charge in [0.05, 0.1) is 10.4 Å². The van der Waals surface area contributed by atoms with Crippen LogP contribution in [0, 0.1) is 6.92 Å². The van der Waals surface area contributed by atoms with Crippen LogP contribution in [0.15, 0.2) is 5.38 Å². The smallest absolute Gasteiger partial charge is 0.336 e. The van der Waals surface area contributed by atoms with E-state index in [1.807, 2.05) is 0 Å². The highest BCUT2D eigenvalue weighted by Crippen LogP contribution is 2.21. The number of carboxylic acids is 1. The number of carbonyl (C=O) groups excluding carboxylic acids is 1. The maximum Gasteiger partial charge on any atom is 0.336 e. The summed E-state index contributed by atoms with van der Waals surface area (Å²) >= 11 is 1.14. The normalized spacial score (nSPS) is 9.69. The van der Waals surface area contributed by atoms with Crippen molar-refractivity contribution in [1.82, 2.24) is 5.32 Å². The fourth-order valence-corrected chi connectivity index (χ4v) is 1.97. The van der Waals surface area contributed by atoms with Crippen LogP contribution in [0.3, 0.4) is 0 Å². The van der Waals surface area contributed by atoms with Crippen LogP contribution in [0.2, 0.25) is 0 Å². The van der Waals surface area contributed by atoms with Gasteiger partial charge in [0.2, 0.25) is 0 Å². The quantitative estimate of drug-likeness (QED) is 0.749. The van der Waals surface area contributed by atoms with E-state index in [1.54, 1.807) is 6.92 Å². The molecule has 0 aliphatic heterocycles. The molecule has 5 heteroatoms. The lowest BCUT2D eigenvalue weighted by Gasteiger charge is -1.97. The molecule has 0 unspecified atom stereocenters. The monoisotopic (exact) mass is 199 g/mol. The number of nitrogens with one attached hydrogen (secondary N) is 1. The summed E-state index contributed by atoms with van der Waals surface area (Å²) < 4.78 is 0. The van der Waals surface area contributed by atoms with Gasteiger partial charge in [0.25, 0.3) is 5.91 Å². The largest absolute Gasteiger partial charge is 0.478 e. The molecular weight excluding hydrogens is 190 g/mol. The third-order valence-corrected chi connectivity index (χ3v) is 2.78. The fourth-order valence-electron chi connectivity index (χ4n) is 0.965. The Morgan fingerprint density at radius 2 is 2.15 bits per heavy atom. The number of hydrogen-bond donors (Lipinski definition) is 2. The predicted molar refractivity (Wildman–Crippen MR) is 49.4 cm³/mol. The van der Waals surface area contributed by atoms with E-state index < -0.39 is 5.97 Å². The number of amides is 1. The van der Waals surface area contributed by atoms with E-state index in [4.69, 9.17) is 5.11 Å². The van der Waals surface area contributed by atoms with E-state index in [-0.39, 0.29) is 11.5 Å². The molecule has 0 aromatic carbocycles. The van der Waals surface area contributed by atoms with Gasteiger partial charge in [-0.3, -0.25) is 4.79 Å². The average Bonchev–Trinajstić information content (AvgIpc) is 2.46. The van der Waals surface area contributed by atoms with Crippen molar-refractivity contribution in [2.75, 3.05) is 7.05 Å². The Morgan fingerprint density at radius 3 is 2.54 bits per heavy atom. The summed E-state index contributed by atoms with van der Waals surface area (Å²) in [6, 6.07) is 0. The Balaban J connectivity index is 3.13. The molecule has 0 saturated carbocycles. The van der Waals surface area contributed by atoms with Crippen LogP contribution < -0.4 is 5.32 Å². The molecule has 1 heterocycles. The van der Waals surface area contributed by atoms with Gasteiger partial charge in [0.15, 0.2) is 0 Å². The van der Waals surface area contributed by atoms with Crippen LogP contribution in [-0.2, 0) is 0 Å². The lowest BCUT2D eigenvalue weighted by molar-refractivity contribution is 0.0696. The zero-order chi connectivity index (χ0) is 10.0. The molecule has 0 atom stereocenters. The topological polar surface area (TPSA) is 66.4 Å². The zero-order valence-electron chi connectivity index (χ0n) is 7.25. The van der Waals surface area contributed by atoms with Crippen LogP contribution >= 0.6 is 11.3 Å². The summed E-state index contributed by atoms with van der Waals surface area (Å²) in [5, 5.41) is 12.6. The highest BCUT2D eigenvalue weighted by atomic mass is 32.1. The van der Waals surface area contributed by atoms with Crippen LogP contribution in [-0.4, -0.2) is 24.0 Å². The molecule has 1 aromatic heterocycles. The Kier molecular flexibility index (Phi) is 2.67. The van der Waals surface area contributed by atoms with E-state index in [1.165, 1.54) is 12.4 Å². The Morgan fingerprint density at radius 1 is 1.54 bits per heavy atom. The first kappa shape index (κ1) is 9.73.